The normalized spacial score (nSPS) is 17.4. The van der Waals surface area contributed by atoms with Crippen molar-refractivity contribution >= 4 is 0 Å². The van der Waals surface area contributed by atoms with E-state index in [4.69, 9.17) is 9.47 Å². The van der Waals surface area contributed by atoms with E-state index in [1.165, 1.54) is 11.1 Å². The maximum Gasteiger partial charge on any atom is 0.127 e. The van der Waals surface area contributed by atoms with Crippen molar-refractivity contribution in [2.45, 2.75) is 46.3 Å². The quantitative estimate of drug-likeness (QED) is 0.895. The van der Waals surface area contributed by atoms with Gasteiger partial charge in [0.2, 0.25) is 0 Å². The maximum absolute atomic E-state index is 6.06. The zero-order valence-electron chi connectivity index (χ0n) is 13.3. The van der Waals surface area contributed by atoms with Crippen LogP contribution in [0.5, 0.6) is 5.75 Å². The number of fused-ring (bicyclic) bond motifs is 1. The lowest BCUT2D eigenvalue weighted by Crippen LogP contribution is -2.41. The summed E-state index contributed by atoms with van der Waals surface area (Å²) in [4.78, 5) is 0. The third-order valence-electron chi connectivity index (χ3n) is 3.89. The van der Waals surface area contributed by atoms with Crippen LogP contribution in [0.25, 0.3) is 0 Å². The Labute approximate surface area is 122 Å². The van der Waals surface area contributed by atoms with E-state index in [1.54, 1.807) is 0 Å². The summed E-state index contributed by atoms with van der Waals surface area (Å²) in [6.45, 7) is 10.2. The van der Waals surface area contributed by atoms with Crippen molar-refractivity contribution in [3.8, 4) is 5.75 Å². The fourth-order valence-electron chi connectivity index (χ4n) is 2.98. The van der Waals surface area contributed by atoms with E-state index in [0.717, 1.165) is 25.4 Å². The van der Waals surface area contributed by atoms with E-state index in [-0.39, 0.29) is 17.6 Å². The highest BCUT2D eigenvalue weighted by Gasteiger charge is 2.35. The lowest BCUT2D eigenvalue weighted by atomic mass is 9.81. The first-order valence-electron chi connectivity index (χ1n) is 7.52. The largest absolute Gasteiger partial charge is 0.493 e. The maximum atomic E-state index is 6.06. The highest BCUT2D eigenvalue weighted by atomic mass is 16.5. The molecule has 0 aromatic heterocycles. The van der Waals surface area contributed by atoms with Crippen LogP contribution >= 0.6 is 0 Å². The summed E-state index contributed by atoms with van der Waals surface area (Å²) in [5.74, 6) is 1.06. The van der Waals surface area contributed by atoms with Crippen LogP contribution in [0, 0.1) is 5.41 Å². The second kappa shape index (κ2) is 6.15. The molecule has 1 heterocycles. The van der Waals surface area contributed by atoms with Crippen LogP contribution in [0.3, 0.4) is 0 Å². The van der Waals surface area contributed by atoms with Gasteiger partial charge < -0.3 is 14.8 Å². The first-order chi connectivity index (χ1) is 9.49. The minimum Gasteiger partial charge on any atom is -0.493 e. The topological polar surface area (TPSA) is 30.5 Å². The average molecular weight is 277 g/mol. The number of rotatable bonds is 5. The predicted octanol–water partition coefficient (Wildman–Crippen LogP) is 3.33. The molecule has 0 aliphatic carbocycles. The molecule has 0 fully saturated rings. The fourth-order valence-corrected chi connectivity index (χ4v) is 2.98. The monoisotopic (exact) mass is 277 g/mol. The highest BCUT2D eigenvalue weighted by Crippen LogP contribution is 2.39. The molecular weight excluding hydrogens is 250 g/mol. The van der Waals surface area contributed by atoms with Crippen molar-refractivity contribution in [2.75, 3.05) is 20.3 Å². The third kappa shape index (κ3) is 2.99. The smallest absolute Gasteiger partial charge is 0.127 e. The molecule has 1 aromatic rings. The molecule has 3 heteroatoms. The Balaban J connectivity index is 2.38. The van der Waals surface area contributed by atoms with Crippen LogP contribution in [0.2, 0.25) is 0 Å². The molecule has 0 saturated heterocycles. The third-order valence-corrected chi connectivity index (χ3v) is 3.89. The minimum absolute atomic E-state index is 0.0605. The van der Waals surface area contributed by atoms with Crippen LogP contribution < -0.4 is 10.1 Å². The number of nitrogens with one attached hydrogen (secondary N) is 1. The first-order valence-corrected chi connectivity index (χ1v) is 7.52. The summed E-state index contributed by atoms with van der Waals surface area (Å²) >= 11 is 0. The number of hydrogen-bond acceptors (Lipinski definition) is 3. The van der Waals surface area contributed by atoms with E-state index in [2.05, 4.69) is 51.2 Å². The molecule has 112 valence electrons. The summed E-state index contributed by atoms with van der Waals surface area (Å²) in [5, 5.41) is 3.43. The Bertz CT molecular complexity index is 451. The van der Waals surface area contributed by atoms with Crippen molar-refractivity contribution < 1.29 is 9.47 Å². The molecule has 20 heavy (non-hydrogen) atoms. The van der Waals surface area contributed by atoms with E-state index in [9.17, 15) is 0 Å². The van der Waals surface area contributed by atoms with Gasteiger partial charge in [-0.05, 0) is 24.9 Å². The molecule has 2 atom stereocenters. The minimum atomic E-state index is 0.0605. The molecule has 2 unspecified atom stereocenters. The van der Waals surface area contributed by atoms with Gasteiger partial charge in [0.05, 0.1) is 18.8 Å². The lowest BCUT2D eigenvalue weighted by molar-refractivity contribution is -0.0354. The van der Waals surface area contributed by atoms with E-state index in [0.29, 0.717) is 0 Å². The summed E-state index contributed by atoms with van der Waals surface area (Å²) < 4.78 is 11.9. The van der Waals surface area contributed by atoms with Gasteiger partial charge in [-0.15, -0.1) is 0 Å². The number of likely N-dealkylation sites (N-methyl/N-ethyl adjacent to an activating group) is 1. The Morgan fingerprint density at radius 2 is 2.10 bits per heavy atom. The van der Waals surface area contributed by atoms with Gasteiger partial charge >= 0.3 is 0 Å². The summed E-state index contributed by atoms with van der Waals surface area (Å²) in [6, 6.07) is 6.58. The molecule has 1 aromatic carbocycles. The number of hydrogen-bond donors (Lipinski definition) is 1. The molecule has 0 amide bonds. The molecule has 1 aliphatic heterocycles. The van der Waals surface area contributed by atoms with Crippen LogP contribution in [0.15, 0.2) is 18.2 Å². The van der Waals surface area contributed by atoms with Gasteiger partial charge in [-0.25, -0.2) is 0 Å². The van der Waals surface area contributed by atoms with Crippen molar-refractivity contribution in [1.29, 1.82) is 0 Å². The van der Waals surface area contributed by atoms with Crippen LogP contribution in [-0.4, -0.2) is 26.4 Å². The standard InChI is InChI=1S/C17H27NO2/c1-6-19-16(17(2,3)4)14(18-5)13-9-7-8-12-10-11-20-15(12)13/h7-9,14,16,18H,6,10-11H2,1-5H3. The molecule has 3 nitrogen and oxygen atoms in total. The van der Waals surface area contributed by atoms with E-state index in [1.807, 2.05) is 7.05 Å². The predicted molar refractivity (Wildman–Crippen MR) is 82.3 cm³/mol. The van der Waals surface area contributed by atoms with Crippen LogP contribution in [-0.2, 0) is 11.2 Å². The van der Waals surface area contributed by atoms with Gasteiger partial charge in [0.1, 0.15) is 5.75 Å². The van der Waals surface area contributed by atoms with Gasteiger partial charge in [-0.2, -0.15) is 0 Å². The molecule has 0 bridgehead atoms. The van der Waals surface area contributed by atoms with E-state index < -0.39 is 0 Å². The Morgan fingerprint density at radius 3 is 2.70 bits per heavy atom. The SMILES string of the molecule is CCOC(C(NC)c1cccc2c1OCC2)C(C)(C)C. The summed E-state index contributed by atoms with van der Waals surface area (Å²) in [6.07, 6.45) is 1.11. The molecular formula is C17H27NO2. The molecule has 2 rings (SSSR count). The van der Waals surface area contributed by atoms with Crippen LogP contribution in [0.1, 0.15) is 44.9 Å². The number of benzene rings is 1. The van der Waals surface area contributed by atoms with Gasteiger partial charge in [0.25, 0.3) is 0 Å². The lowest BCUT2D eigenvalue weighted by Gasteiger charge is -2.37. The fraction of sp³-hybridized carbons (Fsp3) is 0.647. The van der Waals surface area contributed by atoms with Crippen LogP contribution in [0.4, 0.5) is 0 Å². The second-order valence-corrected chi connectivity index (χ2v) is 6.44. The van der Waals surface area contributed by atoms with Gasteiger partial charge in [0.15, 0.2) is 0 Å². The molecule has 0 radical (unpaired) electrons. The number of ether oxygens (including phenoxy) is 2. The Kier molecular flexibility index (Phi) is 4.71. The average Bonchev–Trinajstić information content (AvgIpc) is 2.86. The van der Waals surface area contributed by atoms with Crippen molar-refractivity contribution in [2.24, 2.45) is 5.41 Å². The van der Waals surface area contributed by atoms with Gasteiger partial charge in [0, 0.05) is 18.6 Å². The second-order valence-electron chi connectivity index (χ2n) is 6.44. The molecule has 1 aliphatic rings. The zero-order chi connectivity index (χ0) is 14.8. The summed E-state index contributed by atoms with van der Waals surface area (Å²) in [7, 11) is 2.00. The molecule has 0 saturated carbocycles. The van der Waals surface area contributed by atoms with E-state index >= 15 is 0 Å². The molecule has 1 N–H and O–H groups in total. The van der Waals surface area contributed by atoms with Gasteiger partial charge in [-0.1, -0.05) is 39.0 Å². The first kappa shape index (κ1) is 15.3. The summed E-state index contributed by atoms with van der Waals surface area (Å²) in [5.41, 5.74) is 2.59. The Hall–Kier alpha value is -1.06. The Morgan fingerprint density at radius 1 is 1.35 bits per heavy atom. The van der Waals surface area contributed by atoms with Crippen molar-refractivity contribution in [3.63, 3.8) is 0 Å². The van der Waals surface area contributed by atoms with Crippen molar-refractivity contribution in [3.05, 3.63) is 29.3 Å². The zero-order valence-corrected chi connectivity index (χ0v) is 13.3. The molecule has 0 spiro atoms. The highest BCUT2D eigenvalue weighted by molar-refractivity contribution is 5.46. The van der Waals surface area contributed by atoms with Crippen molar-refractivity contribution in [1.82, 2.24) is 5.32 Å². The number of para-hydroxylation sites is 1. The van der Waals surface area contributed by atoms with Gasteiger partial charge in [-0.3, -0.25) is 0 Å².